The molecule has 0 aliphatic heterocycles. The summed E-state index contributed by atoms with van der Waals surface area (Å²) in [5.74, 6) is -0.500. The monoisotopic (exact) mass is 202 g/mol. The predicted molar refractivity (Wildman–Crippen MR) is 51.0 cm³/mol. The Hall–Kier alpha value is -0.800. The van der Waals surface area contributed by atoms with E-state index in [1.54, 1.807) is 22.9 Å². The number of carboxylic acids is 1. The van der Waals surface area contributed by atoms with Gasteiger partial charge in [-0.15, -0.1) is 11.6 Å². The van der Waals surface area contributed by atoms with E-state index in [9.17, 15) is 4.79 Å². The molecule has 0 saturated carbocycles. The number of hydrogen-bond acceptors (Lipinski definition) is 2. The molecule has 1 aromatic heterocycles. The molecule has 0 spiro atoms. The molecular weight excluding hydrogens is 196 g/mol. The van der Waals surface area contributed by atoms with Gasteiger partial charge in [0.2, 0.25) is 0 Å². The Bertz CT molecular complexity index is 304. The van der Waals surface area contributed by atoms with Gasteiger partial charge in [0, 0.05) is 11.3 Å². The fourth-order valence-corrected chi connectivity index (χ4v) is 1.66. The summed E-state index contributed by atoms with van der Waals surface area (Å²) in [4.78, 5) is 10.6. The lowest BCUT2D eigenvalue weighted by atomic mass is 10.2. The van der Waals surface area contributed by atoms with Crippen molar-refractivity contribution in [2.75, 3.05) is 5.88 Å². The second kappa shape index (κ2) is 4.28. The molecular formula is C8H7ClO2S. The number of hydrogen-bond donors (Lipinski definition) is 1. The molecule has 12 heavy (non-hydrogen) atoms. The summed E-state index contributed by atoms with van der Waals surface area (Å²) in [6.07, 6.45) is 3.43. The van der Waals surface area contributed by atoms with E-state index in [0.29, 0.717) is 17.0 Å². The summed E-state index contributed by atoms with van der Waals surface area (Å²) < 4.78 is 0. The first-order chi connectivity index (χ1) is 5.75. The smallest absolute Gasteiger partial charge is 0.337 e. The minimum atomic E-state index is -0.898. The Morgan fingerprint density at radius 1 is 1.67 bits per heavy atom. The fourth-order valence-electron chi connectivity index (χ4n) is 0.781. The predicted octanol–water partition coefficient (Wildman–Crippen LogP) is 2.70. The van der Waals surface area contributed by atoms with E-state index in [4.69, 9.17) is 16.7 Å². The standard InChI is InChI=1S/C8H7ClO2S/c9-3-1-2-6-4-12-5-7(6)8(10)11/h1-2,4-5H,3H2,(H,10,11). The van der Waals surface area contributed by atoms with Crippen molar-refractivity contribution in [1.82, 2.24) is 0 Å². The highest BCUT2D eigenvalue weighted by molar-refractivity contribution is 7.08. The highest BCUT2D eigenvalue weighted by Crippen LogP contribution is 2.16. The van der Waals surface area contributed by atoms with Crippen LogP contribution in [0.15, 0.2) is 16.8 Å². The molecule has 0 amide bonds. The van der Waals surface area contributed by atoms with Gasteiger partial charge in [0.25, 0.3) is 0 Å². The average molecular weight is 203 g/mol. The largest absolute Gasteiger partial charge is 0.478 e. The molecule has 1 rings (SSSR count). The second-order valence-electron chi connectivity index (χ2n) is 2.10. The molecule has 0 aromatic carbocycles. The van der Waals surface area contributed by atoms with Gasteiger partial charge in [-0.1, -0.05) is 12.2 Å². The number of halogens is 1. The first-order valence-corrected chi connectivity index (χ1v) is 4.75. The summed E-state index contributed by atoms with van der Waals surface area (Å²) in [6.45, 7) is 0. The quantitative estimate of drug-likeness (QED) is 0.766. The third-order valence-corrected chi connectivity index (χ3v) is 2.25. The van der Waals surface area contributed by atoms with E-state index >= 15 is 0 Å². The van der Waals surface area contributed by atoms with Crippen LogP contribution in [-0.4, -0.2) is 17.0 Å². The summed E-state index contributed by atoms with van der Waals surface area (Å²) in [5.41, 5.74) is 1.05. The van der Waals surface area contributed by atoms with Gasteiger partial charge in [-0.2, -0.15) is 11.3 Å². The van der Waals surface area contributed by atoms with Gasteiger partial charge in [0.05, 0.1) is 5.56 Å². The van der Waals surface area contributed by atoms with Crippen LogP contribution >= 0.6 is 22.9 Å². The molecule has 0 radical (unpaired) electrons. The summed E-state index contributed by atoms with van der Waals surface area (Å²) in [6, 6.07) is 0. The van der Waals surface area contributed by atoms with E-state index in [1.807, 2.05) is 0 Å². The molecule has 1 heterocycles. The SMILES string of the molecule is O=C(O)c1cscc1C=CCCl. The van der Waals surface area contributed by atoms with Gasteiger partial charge in [-0.25, -0.2) is 4.79 Å². The zero-order valence-electron chi connectivity index (χ0n) is 6.16. The Labute approximate surface area is 79.1 Å². The van der Waals surface area contributed by atoms with Gasteiger partial charge in [0.15, 0.2) is 0 Å². The number of carbonyl (C=O) groups is 1. The van der Waals surface area contributed by atoms with E-state index < -0.39 is 5.97 Å². The van der Waals surface area contributed by atoms with Crippen molar-refractivity contribution in [3.63, 3.8) is 0 Å². The van der Waals surface area contributed by atoms with E-state index in [2.05, 4.69) is 0 Å². The van der Waals surface area contributed by atoms with Crippen molar-refractivity contribution >= 4 is 35.0 Å². The molecule has 0 unspecified atom stereocenters. The lowest BCUT2D eigenvalue weighted by Gasteiger charge is -1.90. The minimum Gasteiger partial charge on any atom is -0.478 e. The van der Waals surface area contributed by atoms with E-state index in [1.165, 1.54) is 11.3 Å². The molecule has 0 saturated heterocycles. The molecule has 0 atom stereocenters. The van der Waals surface area contributed by atoms with Crippen LogP contribution in [0.4, 0.5) is 0 Å². The van der Waals surface area contributed by atoms with Crippen LogP contribution in [0, 0.1) is 0 Å². The lowest BCUT2D eigenvalue weighted by Crippen LogP contribution is -1.95. The van der Waals surface area contributed by atoms with Crippen molar-refractivity contribution in [2.45, 2.75) is 0 Å². The number of aromatic carboxylic acids is 1. The van der Waals surface area contributed by atoms with Gasteiger partial charge < -0.3 is 5.11 Å². The molecule has 0 aliphatic carbocycles. The van der Waals surface area contributed by atoms with Crippen molar-refractivity contribution in [3.8, 4) is 0 Å². The van der Waals surface area contributed by atoms with Crippen LogP contribution in [-0.2, 0) is 0 Å². The molecule has 2 nitrogen and oxygen atoms in total. The molecule has 64 valence electrons. The average Bonchev–Trinajstić information content (AvgIpc) is 2.48. The number of thiophene rings is 1. The Balaban J connectivity index is 2.91. The zero-order valence-corrected chi connectivity index (χ0v) is 7.73. The Kier molecular flexibility index (Phi) is 3.31. The first kappa shape index (κ1) is 9.29. The van der Waals surface area contributed by atoms with Gasteiger partial charge in [-0.05, 0) is 10.9 Å². The molecule has 0 aliphatic rings. The summed E-state index contributed by atoms with van der Waals surface area (Å²) >= 11 is 6.79. The number of carboxylic acid groups (broad SMARTS) is 1. The highest BCUT2D eigenvalue weighted by atomic mass is 35.5. The van der Waals surface area contributed by atoms with Gasteiger partial charge in [-0.3, -0.25) is 0 Å². The molecule has 4 heteroatoms. The topological polar surface area (TPSA) is 37.3 Å². The normalized spacial score (nSPS) is 10.8. The van der Waals surface area contributed by atoms with Crippen molar-refractivity contribution in [1.29, 1.82) is 0 Å². The lowest BCUT2D eigenvalue weighted by molar-refractivity contribution is 0.0697. The van der Waals surface area contributed by atoms with E-state index in [0.717, 1.165) is 0 Å². The fraction of sp³-hybridized carbons (Fsp3) is 0.125. The maximum Gasteiger partial charge on any atom is 0.337 e. The molecule has 1 N–H and O–H groups in total. The van der Waals surface area contributed by atoms with Crippen LogP contribution in [0.1, 0.15) is 15.9 Å². The van der Waals surface area contributed by atoms with Crippen molar-refractivity contribution in [3.05, 3.63) is 28.0 Å². The van der Waals surface area contributed by atoms with Gasteiger partial charge >= 0.3 is 5.97 Å². The zero-order chi connectivity index (χ0) is 8.97. The Morgan fingerprint density at radius 3 is 3.00 bits per heavy atom. The maximum absolute atomic E-state index is 10.6. The summed E-state index contributed by atoms with van der Waals surface area (Å²) in [5, 5.41) is 12.1. The summed E-state index contributed by atoms with van der Waals surface area (Å²) in [7, 11) is 0. The van der Waals surface area contributed by atoms with Crippen LogP contribution < -0.4 is 0 Å². The number of alkyl halides is 1. The van der Waals surface area contributed by atoms with E-state index in [-0.39, 0.29) is 0 Å². The minimum absolute atomic E-state index is 0.335. The molecule has 1 aromatic rings. The van der Waals surface area contributed by atoms with Crippen molar-refractivity contribution in [2.24, 2.45) is 0 Å². The first-order valence-electron chi connectivity index (χ1n) is 3.27. The van der Waals surface area contributed by atoms with Crippen LogP contribution in [0.5, 0.6) is 0 Å². The van der Waals surface area contributed by atoms with Crippen molar-refractivity contribution < 1.29 is 9.90 Å². The molecule has 0 bridgehead atoms. The third kappa shape index (κ3) is 2.09. The third-order valence-electron chi connectivity index (χ3n) is 1.31. The number of rotatable bonds is 3. The van der Waals surface area contributed by atoms with Crippen LogP contribution in [0.2, 0.25) is 0 Å². The maximum atomic E-state index is 10.6. The van der Waals surface area contributed by atoms with Crippen LogP contribution in [0.3, 0.4) is 0 Å². The van der Waals surface area contributed by atoms with Crippen LogP contribution in [0.25, 0.3) is 6.08 Å². The Morgan fingerprint density at radius 2 is 2.42 bits per heavy atom. The number of allylic oxidation sites excluding steroid dienone is 1. The van der Waals surface area contributed by atoms with Gasteiger partial charge in [0.1, 0.15) is 0 Å². The molecule has 0 fully saturated rings. The highest BCUT2D eigenvalue weighted by Gasteiger charge is 2.07. The second-order valence-corrected chi connectivity index (χ2v) is 3.15.